The molecule has 1 aliphatic rings. The summed E-state index contributed by atoms with van der Waals surface area (Å²) in [7, 11) is -0.957. The summed E-state index contributed by atoms with van der Waals surface area (Å²) in [6.07, 6.45) is 2.42. The molecule has 0 unspecified atom stereocenters. The molecular formula is C14H17Cl2NO2S. The minimum atomic E-state index is -0.957. The fourth-order valence-electron chi connectivity index (χ4n) is 2.50. The van der Waals surface area contributed by atoms with Gasteiger partial charge in [-0.3, -0.25) is 9.00 Å². The van der Waals surface area contributed by atoms with Crippen molar-refractivity contribution in [2.45, 2.75) is 31.4 Å². The van der Waals surface area contributed by atoms with E-state index in [1.807, 2.05) is 6.07 Å². The van der Waals surface area contributed by atoms with Crippen molar-refractivity contribution >= 4 is 39.9 Å². The second kappa shape index (κ2) is 6.92. The molecule has 0 heterocycles. The van der Waals surface area contributed by atoms with Gasteiger partial charge in [-0.25, -0.2) is 0 Å². The van der Waals surface area contributed by atoms with E-state index in [0.29, 0.717) is 28.8 Å². The summed E-state index contributed by atoms with van der Waals surface area (Å²) >= 11 is 12.2. The van der Waals surface area contributed by atoms with Crippen molar-refractivity contribution in [3.05, 3.63) is 33.3 Å². The summed E-state index contributed by atoms with van der Waals surface area (Å²) in [5, 5.41) is 3.99. The molecule has 1 aromatic rings. The van der Waals surface area contributed by atoms with Gasteiger partial charge >= 0.3 is 0 Å². The average molecular weight is 334 g/mol. The minimum Gasteiger partial charge on any atom is -0.356 e. The van der Waals surface area contributed by atoms with Crippen LogP contribution in [-0.2, 0) is 22.0 Å². The maximum atomic E-state index is 12.4. The van der Waals surface area contributed by atoms with Crippen LogP contribution >= 0.6 is 23.2 Å². The third-order valence-electron chi connectivity index (χ3n) is 3.41. The standard InChI is InChI=1S/C14H17Cl2NO2S/c1-9(18)17-5-2-6-20(19)14-4-3-11-12(14)7-10(15)8-13(11)16/h7-8,14H,2-6H2,1H3,(H,17,18)/t14-,20+/m1/s1. The fourth-order valence-corrected chi connectivity index (χ4v) is 4.69. The second-order valence-electron chi connectivity index (χ2n) is 4.90. The van der Waals surface area contributed by atoms with Gasteiger partial charge in [0, 0.05) is 40.1 Å². The molecule has 0 saturated carbocycles. The van der Waals surface area contributed by atoms with Crippen molar-refractivity contribution in [1.82, 2.24) is 5.32 Å². The minimum absolute atomic E-state index is 0.0125. The Kier molecular flexibility index (Phi) is 5.47. The Labute approximate surface area is 131 Å². The lowest BCUT2D eigenvalue weighted by molar-refractivity contribution is -0.118. The number of amides is 1. The first-order valence-electron chi connectivity index (χ1n) is 6.58. The Bertz CT molecular complexity index is 548. The number of carbonyl (C=O) groups is 1. The first kappa shape index (κ1) is 15.8. The molecular weight excluding hydrogens is 317 g/mol. The van der Waals surface area contributed by atoms with Crippen LogP contribution in [-0.4, -0.2) is 22.4 Å². The van der Waals surface area contributed by atoms with Gasteiger partial charge in [-0.05, 0) is 42.5 Å². The molecule has 0 aliphatic heterocycles. The van der Waals surface area contributed by atoms with Crippen LogP contribution in [0.3, 0.4) is 0 Å². The lowest BCUT2D eigenvalue weighted by atomic mass is 10.1. The normalized spacial score (nSPS) is 18.6. The third-order valence-corrected chi connectivity index (χ3v) is 5.78. The number of carbonyl (C=O) groups excluding carboxylic acids is 1. The van der Waals surface area contributed by atoms with E-state index in [0.717, 1.165) is 24.0 Å². The van der Waals surface area contributed by atoms with E-state index in [9.17, 15) is 9.00 Å². The topological polar surface area (TPSA) is 46.2 Å². The maximum absolute atomic E-state index is 12.4. The molecule has 6 heteroatoms. The quantitative estimate of drug-likeness (QED) is 0.840. The van der Waals surface area contributed by atoms with Gasteiger partial charge in [0.25, 0.3) is 0 Å². The van der Waals surface area contributed by atoms with Crippen LogP contribution in [0.15, 0.2) is 12.1 Å². The largest absolute Gasteiger partial charge is 0.356 e. The van der Waals surface area contributed by atoms with Gasteiger partial charge in [-0.1, -0.05) is 23.2 Å². The molecule has 0 fully saturated rings. The molecule has 0 aromatic heterocycles. The molecule has 2 atom stereocenters. The Hall–Kier alpha value is -0.580. The van der Waals surface area contributed by atoms with Gasteiger partial charge in [0.05, 0.1) is 5.25 Å². The van der Waals surface area contributed by atoms with Gasteiger partial charge in [-0.2, -0.15) is 0 Å². The van der Waals surface area contributed by atoms with Gasteiger partial charge < -0.3 is 5.32 Å². The monoisotopic (exact) mass is 333 g/mol. The molecule has 110 valence electrons. The van der Waals surface area contributed by atoms with E-state index in [-0.39, 0.29) is 11.2 Å². The zero-order valence-corrected chi connectivity index (χ0v) is 13.6. The predicted octanol–water partition coefficient (Wildman–Crippen LogP) is 3.26. The summed E-state index contributed by atoms with van der Waals surface area (Å²) in [5.74, 6) is 0.523. The summed E-state index contributed by atoms with van der Waals surface area (Å²) < 4.78 is 12.4. The van der Waals surface area contributed by atoms with Crippen molar-refractivity contribution in [2.75, 3.05) is 12.3 Å². The van der Waals surface area contributed by atoms with E-state index in [4.69, 9.17) is 23.2 Å². The van der Waals surface area contributed by atoms with E-state index >= 15 is 0 Å². The Morgan fingerprint density at radius 2 is 2.20 bits per heavy atom. The fraction of sp³-hybridized carbons (Fsp3) is 0.500. The predicted molar refractivity (Wildman–Crippen MR) is 83.8 cm³/mol. The van der Waals surface area contributed by atoms with Crippen LogP contribution in [0, 0.1) is 0 Å². The second-order valence-corrected chi connectivity index (χ2v) is 7.49. The van der Waals surface area contributed by atoms with Gasteiger partial charge in [0.15, 0.2) is 0 Å². The van der Waals surface area contributed by atoms with Gasteiger partial charge in [0.1, 0.15) is 0 Å². The van der Waals surface area contributed by atoms with Gasteiger partial charge in [-0.15, -0.1) is 0 Å². The summed E-state index contributed by atoms with van der Waals surface area (Å²) in [5.41, 5.74) is 2.11. The van der Waals surface area contributed by atoms with Crippen molar-refractivity contribution in [3.8, 4) is 0 Å². The highest BCUT2D eigenvalue weighted by Gasteiger charge is 2.29. The highest BCUT2D eigenvalue weighted by Crippen LogP contribution is 2.41. The summed E-state index contributed by atoms with van der Waals surface area (Å²) in [4.78, 5) is 10.8. The van der Waals surface area contributed by atoms with Crippen LogP contribution in [0.1, 0.15) is 36.1 Å². The zero-order chi connectivity index (χ0) is 14.7. The molecule has 1 aliphatic carbocycles. The van der Waals surface area contributed by atoms with Crippen molar-refractivity contribution < 1.29 is 9.00 Å². The highest BCUT2D eigenvalue weighted by molar-refractivity contribution is 7.85. The highest BCUT2D eigenvalue weighted by atomic mass is 35.5. The molecule has 2 rings (SSSR count). The molecule has 1 N–H and O–H groups in total. The SMILES string of the molecule is CC(=O)NCCC[S@](=O)[C@@H]1CCc2c(Cl)cc(Cl)cc21. The zero-order valence-electron chi connectivity index (χ0n) is 11.2. The third kappa shape index (κ3) is 3.74. The smallest absolute Gasteiger partial charge is 0.216 e. The first-order valence-corrected chi connectivity index (χ1v) is 8.72. The average Bonchev–Trinajstić information content (AvgIpc) is 2.78. The molecule has 0 bridgehead atoms. The number of hydrogen-bond acceptors (Lipinski definition) is 2. The first-order chi connectivity index (χ1) is 9.49. The van der Waals surface area contributed by atoms with Crippen LogP contribution < -0.4 is 5.32 Å². The summed E-state index contributed by atoms with van der Waals surface area (Å²) in [6, 6.07) is 3.62. The summed E-state index contributed by atoms with van der Waals surface area (Å²) in [6.45, 7) is 2.05. The number of rotatable bonds is 5. The van der Waals surface area contributed by atoms with Crippen molar-refractivity contribution in [3.63, 3.8) is 0 Å². The molecule has 0 radical (unpaired) electrons. The molecule has 0 saturated heterocycles. The Balaban J connectivity index is 1.99. The van der Waals surface area contributed by atoms with E-state index in [1.54, 1.807) is 6.07 Å². The Morgan fingerprint density at radius 3 is 2.90 bits per heavy atom. The molecule has 1 aromatic carbocycles. The van der Waals surface area contributed by atoms with Gasteiger partial charge in [0.2, 0.25) is 5.91 Å². The lowest BCUT2D eigenvalue weighted by Crippen LogP contribution is -2.22. The maximum Gasteiger partial charge on any atom is 0.216 e. The number of benzene rings is 1. The molecule has 0 spiro atoms. The van der Waals surface area contributed by atoms with E-state index in [2.05, 4.69) is 5.32 Å². The van der Waals surface area contributed by atoms with E-state index in [1.165, 1.54) is 6.92 Å². The molecule has 3 nitrogen and oxygen atoms in total. The number of hydrogen-bond donors (Lipinski definition) is 1. The number of halogens is 2. The lowest BCUT2D eigenvalue weighted by Gasteiger charge is -2.12. The van der Waals surface area contributed by atoms with Crippen LogP contribution in [0.25, 0.3) is 0 Å². The van der Waals surface area contributed by atoms with Crippen molar-refractivity contribution in [1.29, 1.82) is 0 Å². The molecule has 20 heavy (non-hydrogen) atoms. The number of nitrogens with one attached hydrogen (secondary N) is 1. The Morgan fingerprint density at radius 1 is 1.45 bits per heavy atom. The van der Waals surface area contributed by atoms with Crippen LogP contribution in [0.2, 0.25) is 10.0 Å². The van der Waals surface area contributed by atoms with Crippen molar-refractivity contribution in [2.24, 2.45) is 0 Å². The molecule has 1 amide bonds. The van der Waals surface area contributed by atoms with E-state index < -0.39 is 10.8 Å². The van der Waals surface area contributed by atoms with Crippen LogP contribution in [0.4, 0.5) is 0 Å². The number of fused-ring (bicyclic) bond motifs is 1. The van der Waals surface area contributed by atoms with Crippen LogP contribution in [0.5, 0.6) is 0 Å².